The average Bonchev–Trinajstić information content (AvgIpc) is 3.09. The molecule has 2 atom stereocenters. The highest BCUT2D eigenvalue weighted by Crippen LogP contribution is 2.52. The van der Waals surface area contributed by atoms with Gasteiger partial charge < -0.3 is 15.0 Å². The summed E-state index contributed by atoms with van der Waals surface area (Å²) in [6.45, 7) is 2.79. The predicted molar refractivity (Wildman–Crippen MR) is 143 cm³/mol. The highest BCUT2D eigenvalue weighted by atomic mass is 35.5. The van der Waals surface area contributed by atoms with Crippen LogP contribution in [0.25, 0.3) is 0 Å². The van der Waals surface area contributed by atoms with Gasteiger partial charge >= 0.3 is 5.97 Å². The van der Waals surface area contributed by atoms with E-state index in [-0.39, 0.29) is 24.8 Å². The molecule has 7 heteroatoms. The number of fused-ring (bicyclic) bond motifs is 1. The van der Waals surface area contributed by atoms with Gasteiger partial charge in [0.05, 0.1) is 12.5 Å². The maximum absolute atomic E-state index is 14.0. The van der Waals surface area contributed by atoms with Crippen LogP contribution in [0.3, 0.4) is 0 Å². The first-order valence-corrected chi connectivity index (χ1v) is 13.6. The second-order valence-electron chi connectivity index (χ2n) is 9.77. The maximum Gasteiger partial charge on any atom is 0.318 e. The first-order valence-electron chi connectivity index (χ1n) is 13.2. The van der Waals surface area contributed by atoms with Gasteiger partial charge in [-0.1, -0.05) is 73.0 Å². The molecule has 2 aromatic carbocycles. The summed E-state index contributed by atoms with van der Waals surface area (Å²) < 4.78 is 5.59. The summed E-state index contributed by atoms with van der Waals surface area (Å²) in [6.07, 6.45) is 6.66. The van der Waals surface area contributed by atoms with E-state index in [9.17, 15) is 14.4 Å². The second-order valence-corrected chi connectivity index (χ2v) is 10.2. The normalized spacial score (nSPS) is 22.9. The average molecular weight is 523 g/mol. The van der Waals surface area contributed by atoms with Crippen molar-refractivity contribution >= 4 is 29.4 Å². The molecule has 1 aliphatic heterocycles. The van der Waals surface area contributed by atoms with E-state index in [2.05, 4.69) is 5.32 Å². The number of hydrogen-bond acceptors (Lipinski definition) is 4. The number of allylic oxidation sites excluding steroid dienone is 1. The van der Waals surface area contributed by atoms with E-state index in [0.717, 1.165) is 36.8 Å². The van der Waals surface area contributed by atoms with E-state index in [0.29, 0.717) is 36.7 Å². The predicted octanol–water partition coefficient (Wildman–Crippen LogP) is 5.44. The summed E-state index contributed by atoms with van der Waals surface area (Å²) in [5.41, 5.74) is 1.60. The molecule has 0 unspecified atom stereocenters. The van der Waals surface area contributed by atoms with Crippen LogP contribution in [0.1, 0.15) is 56.6 Å². The van der Waals surface area contributed by atoms with E-state index in [1.165, 1.54) is 0 Å². The van der Waals surface area contributed by atoms with Gasteiger partial charge in [0.15, 0.2) is 0 Å². The molecule has 196 valence electrons. The van der Waals surface area contributed by atoms with E-state index in [1.807, 2.05) is 60.7 Å². The van der Waals surface area contributed by atoms with Crippen molar-refractivity contribution in [3.63, 3.8) is 0 Å². The van der Waals surface area contributed by atoms with E-state index < -0.39 is 17.3 Å². The summed E-state index contributed by atoms with van der Waals surface area (Å²) in [6, 6.07) is 17.2. The van der Waals surface area contributed by atoms with Crippen molar-refractivity contribution in [1.82, 2.24) is 10.2 Å². The Morgan fingerprint density at radius 3 is 2.54 bits per heavy atom. The van der Waals surface area contributed by atoms with Crippen molar-refractivity contribution in [3.8, 4) is 0 Å². The Bertz CT molecular complexity index is 1130. The number of rotatable bonds is 9. The number of amides is 2. The Balaban J connectivity index is 1.62. The molecule has 1 heterocycles. The zero-order valence-electron chi connectivity index (χ0n) is 21.4. The highest BCUT2D eigenvalue weighted by Gasteiger charge is 2.61. The summed E-state index contributed by atoms with van der Waals surface area (Å²) >= 11 is 6.04. The first kappa shape index (κ1) is 26.9. The number of halogens is 1. The fourth-order valence-corrected chi connectivity index (χ4v) is 5.67. The first-order chi connectivity index (χ1) is 18.0. The molecular formula is C30H35ClN2O4. The van der Waals surface area contributed by atoms with Crippen molar-refractivity contribution in [3.05, 3.63) is 82.5 Å². The van der Waals surface area contributed by atoms with Gasteiger partial charge in [0.1, 0.15) is 5.41 Å². The number of ether oxygens (including phenoxy) is 1. The summed E-state index contributed by atoms with van der Waals surface area (Å²) in [7, 11) is 0. The zero-order chi connectivity index (χ0) is 26.3. The summed E-state index contributed by atoms with van der Waals surface area (Å²) in [4.78, 5) is 42.5. The van der Waals surface area contributed by atoms with Crippen LogP contribution in [0, 0.1) is 11.3 Å². The minimum atomic E-state index is -1.14. The lowest BCUT2D eigenvalue weighted by molar-refractivity contribution is -0.158. The van der Waals surface area contributed by atoms with Crippen molar-refractivity contribution in [2.75, 3.05) is 13.2 Å². The molecule has 0 saturated carbocycles. The van der Waals surface area contributed by atoms with Crippen molar-refractivity contribution < 1.29 is 19.1 Å². The molecule has 1 N–H and O–H groups in total. The Hall–Kier alpha value is -3.12. The Morgan fingerprint density at radius 1 is 1.05 bits per heavy atom. The zero-order valence-corrected chi connectivity index (χ0v) is 22.1. The molecule has 4 rings (SSSR count). The molecule has 1 aliphatic carbocycles. The van der Waals surface area contributed by atoms with Gasteiger partial charge in [-0.2, -0.15) is 0 Å². The Morgan fingerprint density at radius 2 is 1.81 bits per heavy atom. The Kier molecular flexibility index (Phi) is 9.04. The number of carbonyl (C=O) groups is 3. The summed E-state index contributed by atoms with van der Waals surface area (Å²) in [5.74, 6) is -1.61. The van der Waals surface area contributed by atoms with Gasteiger partial charge in [-0.25, -0.2) is 0 Å². The van der Waals surface area contributed by atoms with Crippen LogP contribution in [-0.4, -0.2) is 35.8 Å². The van der Waals surface area contributed by atoms with Gasteiger partial charge in [-0.15, -0.1) is 0 Å². The SMILES string of the molecule is CCOC(=O)[C@]12CCCCC/C=C\1N(CCc1ccc(Cl)cc1)C(=O)[C@H]2CC(=O)NCc1ccccc1. The molecule has 1 fully saturated rings. The lowest BCUT2D eigenvalue weighted by atomic mass is 9.69. The van der Waals surface area contributed by atoms with E-state index >= 15 is 0 Å². The van der Waals surface area contributed by atoms with Gasteiger partial charge in [0, 0.05) is 30.2 Å². The fourth-order valence-electron chi connectivity index (χ4n) is 5.54. The van der Waals surface area contributed by atoms with Gasteiger partial charge in [-0.05, 0) is 55.9 Å². The van der Waals surface area contributed by atoms with Crippen LogP contribution in [0.15, 0.2) is 66.4 Å². The lowest BCUT2D eigenvalue weighted by Crippen LogP contribution is -2.42. The third-order valence-corrected chi connectivity index (χ3v) is 7.67. The molecule has 0 radical (unpaired) electrons. The smallest absolute Gasteiger partial charge is 0.318 e. The number of carbonyl (C=O) groups excluding carboxylic acids is 3. The second kappa shape index (κ2) is 12.4. The molecule has 1 saturated heterocycles. The number of nitrogens with zero attached hydrogens (tertiary/aromatic N) is 1. The largest absolute Gasteiger partial charge is 0.465 e. The third kappa shape index (κ3) is 6.07. The number of hydrogen-bond donors (Lipinski definition) is 1. The van der Waals surface area contributed by atoms with Crippen LogP contribution in [0.2, 0.25) is 5.02 Å². The quantitative estimate of drug-likeness (QED) is 0.445. The monoisotopic (exact) mass is 522 g/mol. The number of nitrogens with one attached hydrogen (secondary N) is 1. The molecule has 37 heavy (non-hydrogen) atoms. The van der Waals surface area contributed by atoms with Gasteiger partial charge in [-0.3, -0.25) is 14.4 Å². The minimum absolute atomic E-state index is 0.0563. The topological polar surface area (TPSA) is 75.7 Å². The van der Waals surface area contributed by atoms with Gasteiger partial charge in [0.25, 0.3) is 0 Å². The summed E-state index contributed by atoms with van der Waals surface area (Å²) in [5, 5.41) is 3.60. The number of esters is 1. The van der Waals surface area contributed by atoms with Crippen LogP contribution in [-0.2, 0) is 32.1 Å². The molecule has 2 aliphatic rings. The molecule has 6 nitrogen and oxygen atoms in total. The van der Waals surface area contributed by atoms with Crippen LogP contribution in [0.4, 0.5) is 0 Å². The Labute approximate surface area is 224 Å². The lowest BCUT2D eigenvalue weighted by Gasteiger charge is -2.34. The van der Waals surface area contributed by atoms with Crippen LogP contribution >= 0.6 is 11.6 Å². The molecule has 2 aromatic rings. The fraction of sp³-hybridized carbons (Fsp3) is 0.433. The standard InChI is InChI=1S/C30H35ClN2O4/c1-2-37-29(36)30-18-9-4-3-8-12-26(30)33(19-17-22-13-15-24(31)16-14-22)28(35)25(30)20-27(34)32-21-23-10-6-5-7-11-23/h5-7,10-16,25H,2-4,8-9,17-21H2,1H3,(H,32,34)/b26-12+/t25-,30+/m1/s1. The van der Waals surface area contributed by atoms with Crippen molar-refractivity contribution in [2.24, 2.45) is 11.3 Å². The molecule has 0 aromatic heterocycles. The highest BCUT2D eigenvalue weighted by molar-refractivity contribution is 6.30. The third-order valence-electron chi connectivity index (χ3n) is 7.42. The minimum Gasteiger partial charge on any atom is -0.465 e. The van der Waals surface area contributed by atoms with Crippen LogP contribution in [0.5, 0.6) is 0 Å². The molecule has 2 amide bonds. The van der Waals surface area contributed by atoms with Crippen LogP contribution < -0.4 is 5.32 Å². The molecule has 0 spiro atoms. The van der Waals surface area contributed by atoms with Gasteiger partial charge in [0.2, 0.25) is 11.8 Å². The van der Waals surface area contributed by atoms with Crippen molar-refractivity contribution in [2.45, 2.75) is 58.4 Å². The van der Waals surface area contributed by atoms with Crippen molar-refractivity contribution in [1.29, 1.82) is 0 Å². The maximum atomic E-state index is 14.0. The number of likely N-dealkylation sites (tertiary alicyclic amines) is 1. The van der Waals surface area contributed by atoms with E-state index in [1.54, 1.807) is 11.8 Å². The molecule has 0 bridgehead atoms. The van der Waals surface area contributed by atoms with E-state index in [4.69, 9.17) is 16.3 Å². The molecular weight excluding hydrogens is 488 g/mol. The number of benzene rings is 2.